The van der Waals surface area contributed by atoms with Crippen molar-refractivity contribution in [2.75, 3.05) is 25.6 Å². The van der Waals surface area contributed by atoms with Gasteiger partial charge in [-0.2, -0.15) is 0 Å². The van der Waals surface area contributed by atoms with E-state index in [0.717, 1.165) is 11.1 Å². The van der Waals surface area contributed by atoms with Gasteiger partial charge in [0.1, 0.15) is 6.54 Å². The van der Waals surface area contributed by atoms with E-state index in [1.807, 2.05) is 26.0 Å². The Morgan fingerprint density at radius 1 is 1.33 bits per heavy atom. The molecule has 0 fully saturated rings. The number of hydrogen-bond acceptors (Lipinski definition) is 5. The number of rotatable bonds is 8. The van der Waals surface area contributed by atoms with Gasteiger partial charge in [0.2, 0.25) is 0 Å². The number of fused-ring (bicyclic) bond motifs is 1. The lowest BCUT2D eigenvalue weighted by molar-refractivity contribution is -0.144. The maximum absolute atomic E-state index is 12.5. The monoisotopic (exact) mass is 393 g/mol. The van der Waals surface area contributed by atoms with Crippen LogP contribution in [0.1, 0.15) is 30.5 Å². The molecule has 1 aromatic carbocycles. The third kappa shape index (κ3) is 5.40. The van der Waals surface area contributed by atoms with Crippen LogP contribution < -0.4 is 5.32 Å². The third-order valence-electron chi connectivity index (χ3n) is 4.17. The van der Waals surface area contributed by atoms with Gasteiger partial charge in [0.15, 0.2) is 5.78 Å². The molecule has 27 heavy (non-hydrogen) atoms. The average Bonchev–Trinajstić information content (AvgIpc) is 2.63. The smallest absolute Gasteiger partial charge is 0.325 e. The highest BCUT2D eigenvalue weighted by atomic mass is 35.5. The highest BCUT2D eigenvalue weighted by molar-refractivity contribution is 6.26. The summed E-state index contributed by atoms with van der Waals surface area (Å²) in [5, 5.41) is 12.2. The number of carbonyl (C=O) groups is 3. The molecule has 0 heterocycles. The number of aliphatic hydroxyl groups excluding tert-OH is 1. The van der Waals surface area contributed by atoms with Crippen molar-refractivity contribution in [1.29, 1.82) is 0 Å². The molecule has 6 nitrogen and oxygen atoms in total. The molecule has 0 saturated carbocycles. The second-order valence-corrected chi connectivity index (χ2v) is 7.18. The van der Waals surface area contributed by atoms with Crippen LogP contribution in [0, 0.1) is 5.92 Å². The number of benzene rings is 1. The van der Waals surface area contributed by atoms with Gasteiger partial charge < -0.3 is 15.2 Å². The maximum atomic E-state index is 12.5. The molecule has 0 bridgehead atoms. The zero-order chi connectivity index (χ0) is 20.0. The molecule has 0 radical (unpaired) electrons. The fourth-order valence-corrected chi connectivity index (χ4v) is 3.11. The van der Waals surface area contributed by atoms with Gasteiger partial charge in [-0.25, -0.2) is 0 Å². The molecular weight excluding hydrogens is 370 g/mol. The van der Waals surface area contributed by atoms with E-state index in [0.29, 0.717) is 17.9 Å². The van der Waals surface area contributed by atoms with Crippen LogP contribution in [0.4, 0.5) is 0 Å². The molecule has 0 unspecified atom stereocenters. The molecular formula is C20H24ClNO5. The van der Waals surface area contributed by atoms with Crippen molar-refractivity contribution in [1.82, 2.24) is 5.32 Å². The summed E-state index contributed by atoms with van der Waals surface area (Å²) in [5.74, 6) is -0.981. The first-order valence-corrected chi connectivity index (χ1v) is 9.40. The average molecular weight is 394 g/mol. The van der Waals surface area contributed by atoms with Gasteiger partial charge in [0.05, 0.1) is 18.8 Å². The summed E-state index contributed by atoms with van der Waals surface area (Å²) >= 11 is 5.76. The number of hydrogen-bond donors (Lipinski definition) is 2. The number of ketones is 1. The number of halogens is 1. The first-order valence-electron chi connectivity index (χ1n) is 8.86. The number of carbonyl (C=O) groups excluding carboxylic acids is 3. The number of ether oxygens (including phenoxy) is 1. The Bertz CT molecular complexity index is 770. The van der Waals surface area contributed by atoms with Gasteiger partial charge >= 0.3 is 5.97 Å². The Morgan fingerprint density at radius 3 is 2.70 bits per heavy atom. The topological polar surface area (TPSA) is 92.7 Å². The lowest BCUT2D eigenvalue weighted by Crippen LogP contribution is -2.36. The first-order chi connectivity index (χ1) is 12.9. The second kappa shape index (κ2) is 9.67. The molecule has 0 atom stereocenters. The number of alkyl halides is 1. The number of aryl methyl sites for hydroxylation is 1. The van der Waals surface area contributed by atoms with Crippen LogP contribution in [0.15, 0.2) is 23.8 Å². The predicted molar refractivity (Wildman–Crippen MR) is 102 cm³/mol. The number of amides is 1. The Hall–Kier alpha value is -2.18. The summed E-state index contributed by atoms with van der Waals surface area (Å²) in [6.07, 6.45) is 0.739. The van der Waals surface area contributed by atoms with Gasteiger partial charge in [-0.05, 0) is 29.0 Å². The molecule has 7 heteroatoms. The largest absolute Gasteiger partial charge is 0.464 e. The van der Waals surface area contributed by atoms with Crippen LogP contribution in [0.25, 0.3) is 5.57 Å². The van der Waals surface area contributed by atoms with Crippen molar-refractivity contribution in [2.24, 2.45) is 5.92 Å². The van der Waals surface area contributed by atoms with Crippen LogP contribution in [0.5, 0.6) is 0 Å². The minimum Gasteiger partial charge on any atom is -0.464 e. The fraction of sp³-hybridized carbons (Fsp3) is 0.450. The molecule has 0 spiro atoms. The molecule has 0 saturated heterocycles. The highest BCUT2D eigenvalue weighted by Crippen LogP contribution is 2.30. The van der Waals surface area contributed by atoms with Gasteiger partial charge in [-0.1, -0.05) is 32.0 Å². The summed E-state index contributed by atoms with van der Waals surface area (Å²) in [4.78, 5) is 36.7. The normalized spacial score (nSPS) is 13.6. The Balaban J connectivity index is 2.19. The van der Waals surface area contributed by atoms with E-state index in [-0.39, 0.29) is 42.4 Å². The molecule has 1 aliphatic carbocycles. The third-order valence-corrected chi connectivity index (χ3v) is 4.35. The van der Waals surface area contributed by atoms with E-state index in [1.165, 1.54) is 0 Å². The van der Waals surface area contributed by atoms with Gasteiger partial charge in [-0.15, -0.1) is 11.6 Å². The summed E-state index contributed by atoms with van der Waals surface area (Å²) in [7, 11) is 0. The fourth-order valence-electron chi connectivity index (χ4n) is 2.90. The second-order valence-electron chi connectivity index (χ2n) is 6.80. The Kier molecular flexibility index (Phi) is 7.56. The van der Waals surface area contributed by atoms with E-state index in [2.05, 4.69) is 5.32 Å². The highest BCUT2D eigenvalue weighted by Gasteiger charge is 2.30. The van der Waals surface area contributed by atoms with E-state index in [9.17, 15) is 19.5 Å². The molecule has 0 aromatic heterocycles. The molecule has 1 amide bonds. The SMILES string of the molecule is CC(C)COC(=O)CNC(=O)C1=C(CO)c2ccc(CCCl)cc2CC1=O. The van der Waals surface area contributed by atoms with Crippen molar-refractivity contribution in [3.05, 3.63) is 40.5 Å². The van der Waals surface area contributed by atoms with Crippen molar-refractivity contribution in [3.8, 4) is 0 Å². The van der Waals surface area contributed by atoms with Crippen LogP contribution in [-0.2, 0) is 32.0 Å². The Morgan fingerprint density at radius 2 is 2.07 bits per heavy atom. The maximum Gasteiger partial charge on any atom is 0.325 e. The molecule has 1 aliphatic rings. The molecule has 0 aliphatic heterocycles. The molecule has 2 rings (SSSR count). The number of esters is 1. The van der Waals surface area contributed by atoms with E-state index >= 15 is 0 Å². The van der Waals surface area contributed by atoms with Gasteiger partial charge in [0.25, 0.3) is 5.91 Å². The van der Waals surface area contributed by atoms with Crippen LogP contribution in [-0.4, -0.2) is 48.4 Å². The summed E-state index contributed by atoms with van der Waals surface area (Å²) in [5.41, 5.74) is 2.59. The Labute approximate surface area is 163 Å². The van der Waals surface area contributed by atoms with E-state index < -0.39 is 18.5 Å². The van der Waals surface area contributed by atoms with Crippen LogP contribution in [0.3, 0.4) is 0 Å². The van der Waals surface area contributed by atoms with Crippen molar-refractivity contribution in [2.45, 2.75) is 26.7 Å². The number of Topliss-reactive ketones (excluding diaryl/α,β-unsaturated/α-hetero) is 1. The molecule has 2 N–H and O–H groups in total. The lowest BCUT2D eigenvalue weighted by Gasteiger charge is -2.21. The van der Waals surface area contributed by atoms with Crippen molar-refractivity contribution >= 4 is 34.8 Å². The minimum absolute atomic E-state index is 0.0650. The lowest BCUT2D eigenvalue weighted by atomic mass is 9.83. The summed E-state index contributed by atoms with van der Waals surface area (Å²) in [6, 6.07) is 5.54. The number of nitrogens with one attached hydrogen (secondary N) is 1. The van der Waals surface area contributed by atoms with Crippen LogP contribution in [0.2, 0.25) is 0 Å². The molecule has 1 aromatic rings. The van der Waals surface area contributed by atoms with E-state index in [4.69, 9.17) is 16.3 Å². The quantitative estimate of drug-likeness (QED) is 0.398. The van der Waals surface area contributed by atoms with Crippen LogP contribution >= 0.6 is 11.6 Å². The van der Waals surface area contributed by atoms with Gasteiger partial charge in [-0.3, -0.25) is 14.4 Å². The molecule has 146 valence electrons. The van der Waals surface area contributed by atoms with Crippen molar-refractivity contribution in [3.63, 3.8) is 0 Å². The first kappa shape index (κ1) is 21.1. The number of aliphatic hydroxyl groups is 1. The zero-order valence-electron chi connectivity index (χ0n) is 15.5. The minimum atomic E-state index is -0.680. The van der Waals surface area contributed by atoms with Crippen molar-refractivity contribution < 1.29 is 24.2 Å². The van der Waals surface area contributed by atoms with Gasteiger partial charge in [0, 0.05) is 17.9 Å². The summed E-state index contributed by atoms with van der Waals surface area (Å²) < 4.78 is 5.00. The van der Waals surface area contributed by atoms with E-state index in [1.54, 1.807) is 6.07 Å². The summed E-state index contributed by atoms with van der Waals surface area (Å²) in [6.45, 7) is 3.29. The predicted octanol–water partition coefficient (Wildman–Crippen LogP) is 1.65. The zero-order valence-corrected chi connectivity index (χ0v) is 16.3. The standard InChI is InChI=1S/C20H24ClNO5/c1-12(2)11-27-18(25)9-22-20(26)19-16(10-23)15-4-3-13(5-6-21)7-14(15)8-17(19)24/h3-4,7,12,23H,5-6,8-11H2,1-2H3,(H,22,26).